The Kier molecular flexibility index (Phi) is 8.15. The average Bonchev–Trinajstić information content (AvgIpc) is 3.12. The van der Waals surface area contributed by atoms with Crippen molar-refractivity contribution in [2.75, 3.05) is 14.2 Å². The standard InChI is InChI=1S/C21H17Cl2N3O5S/c1-29-17-8-12(6-7-16(17)31-11-13-14(22)4-3-5-15(13)23)10-24-26-21-25-20(28)18(32-21)9-19(27)30-2/h3-10H,11H2,1-2H3,(H,25,26,28)/b18-9+,24-10?. The minimum atomic E-state index is -0.626. The minimum absolute atomic E-state index is 0.174. The normalized spacial score (nSPS) is 15.9. The van der Waals surface area contributed by atoms with E-state index < -0.39 is 11.9 Å². The van der Waals surface area contributed by atoms with Crippen molar-refractivity contribution in [1.82, 2.24) is 5.32 Å². The van der Waals surface area contributed by atoms with Crippen LogP contribution < -0.4 is 14.8 Å². The van der Waals surface area contributed by atoms with Crippen LogP contribution in [-0.4, -0.2) is 37.5 Å². The smallest absolute Gasteiger partial charge is 0.331 e. The fourth-order valence-corrected chi connectivity index (χ4v) is 3.74. The molecule has 1 N–H and O–H groups in total. The quantitative estimate of drug-likeness (QED) is 0.268. The van der Waals surface area contributed by atoms with E-state index in [0.29, 0.717) is 32.7 Å². The summed E-state index contributed by atoms with van der Waals surface area (Å²) in [5.74, 6) is -0.0884. The van der Waals surface area contributed by atoms with Crippen molar-refractivity contribution in [2.45, 2.75) is 6.61 Å². The molecule has 1 aliphatic heterocycles. The van der Waals surface area contributed by atoms with Crippen LogP contribution in [0.3, 0.4) is 0 Å². The molecule has 0 saturated carbocycles. The molecule has 0 spiro atoms. The van der Waals surface area contributed by atoms with Crippen molar-refractivity contribution in [3.05, 3.63) is 68.6 Å². The number of nitrogens with zero attached hydrogens (tertiary/aromatic N) is 2. The van der Waals surface area contributed by atoms with Crippen LogP contribution >= 0.6 is 35.0 Å². The van der Waals surface area contributed by atoms with E-state index in [1.54, 1.807) is 36.4 Å². The molecule has 11 heteroatoms. The van der Waals surface area contributed by atoms with Gasteiger partial charge in [-0.1, -0.05) is 29.3 Å². The van der Waals surface area contributed by atoms with Crippen LogP contribution in [0.25, 0.3) is 0 Å². The van der Waals surface area contributed by atoms with Gasteiger partial charge in [-0.3, -0.25) is 10.1 Å². The lowest BCUT2D eigenvalue weighted by Gasteiger charge is -2.13. The number of thioether (sulfide) groups is 1. The van der Waals surface area contributed by atoms with E-state index in [1.807, 2.05) is 0 Å². The zero-order chi connectivity index (χ0) is 23.1. The van der Waals surface area contributed by atoms with Crippen LogP contribution in [0.5, 0.6) is 11.5 Å². The fourth-order valence-electron chi connectivity index (χ4n) is 2.49. The van der Waals surface area contributed by atoms with Gasteiger partial charge in [0.05, 0.1) is 25.3 Å². The lowest BCUT2D eigenvalue weighted by molar-refractivity contribution is -0.135. The topological polar surface area (TPSA) is 98.6 Å². The van der Waals surface area contributed by atoms with Crippen molar-refractivity contribution in [2.24, 2.45) is 10.2 Å². The molecule has 2 aromatic carbocycles. The highest BCUT2D eigenvalue weighted by Gasteiger charge is 2.25. The van der Waals surface area contributed by atoms with Gasteiger partial charge in [0.15, 0.2) is 16.7 Å². The summed E-state index contributed by atoms with van der Waals surface area (Å²) in [5, 5.41) is 11.7. The van der Waals surface area contributed by atoms with Gasteiger partial charge in [0, 0.05) is 21.7 Å². The number of carbonyl (C=O) groups excluding carboxylic acids is 2. The zero-order valence-corrected chi connectivity index (χ0v) is 19.3. The number of ether oxygens (including phenoxy) is 3. The Balaban J connectivity index is 1.68. The molecule has 0 aromatic heterocycles. The number of methoxy groups -OCH3 is 2. The molecule has 32 heavy (non-hydrogen) atoms. The third kappa shape index (κ3) is 6.03. The average molecular weight is 494 g/mol. The van der Waals surface area contributed by atoms with Crippen molar-refractivity contribution in [3.8, 4) is 11.5 Å². The number of hydrogen-bond donors (Lipinski definition) is 1. The molecular formula is C21H17Cl2N3O5S. The molecule has 3 rings (SSSR count). The van der Waals surface area contributed by atoms with Crippen LogP contribution in [0.1, 0.15) is 11.1 Å². The highest BCUT2D eigenvalue weighted by atomic mass is 35.5. The van der Waals surface area contributed by atoms with Crippen molar-refractivity contribution in [3.63, 3.8) is 0 Å². The van der Waals surface area contributed by atoms with E-state index in [0.717, 1.165) is 17.8 Å². The number of benzene rings is 2. The maximum atomic E-state index is 11.8. The van der Waals surface area contributed by atoms with Gasteiger partial charge in [-0.05, 0) is 47.7 Å². The van der Waals surface area contributed by atoms with E-state index >= 15 is 0 Å². The monoisotopic (exact) mass is 493 g/mol. The zero-order valence-electron chi connectivity index (χ0n) is 16.9. The molecule has 0 radical (unpaired) electrons. The van der Waals surface area contributed by atoms with Gasteiger partial charge in [-0.2, -0.15) is 5.10 Å². The Hall–Kier alpha value is -3.01. The molecule has 166 valence electrons. The fraction of sp³-hybridized carbons (Fsp3) is 0.143. The number of carbonyl (C=O) groups is 2. The maximum Gasteiger partial charge on any atom is 0.331 e. The first-order valence-electron chi connectivity index (χ1n) is 9.05. The summed E-state index contributed by atoms with van der Waals surface area (Å²) in [5.41, 5.74) is 1.37. The predicted molar refractivity (Wildman–Crippen MR) is 125 cm³/mol. The van der Waals surface area contributed by atoms with Crippen LogP contribution in [-0.2, 0) is 20.9 Å². The molecular weight excluding hydrogens is 477 g/mol. The molecule has 0 atom stereocenters. The number of nitrogens with one attached hydrogen (secondary N) is 1. The molecule has 1 saturated heterocycles. The second-order valence-corrected chi connectivity index (χ2v) is 7.98. The summed E-state index contributed by atoms with van der Waals surface area (Å²) in [7, 11) is 2.75. The third-order valence-corrected chi connectivity index (χ3v) is 5.69. The van der Waals surface area contributed by atoms with Crippen molar-refractivity contribution < 1.29 is 23.8 Å². The van der Waals surface area contributed by atoms with Gasteiger partial charge < -0.3 is 14.2 Å². The van der Waals surface area contributed by atoms with Crippen molar-refractivity contribution >= 4 is 58.2 Å². The van der Waals surface area contributed by atoms with Gasteiger partial charge in [0.25, 0.3) is 5.91 Å². The van der Waals surface area contributed by atoms with E-state index in [4.69, 9.17) is 32.7 Å². The van der Waals surface area contributed by atoms with Gasteiger partial charge in [-0.25, -0.2) is 4.79 Å². The second kappa shape index (κ2) is 11.0. The predicted octanol–water partition coefficient (Wildman–Crippen LogP) is 4.19. The number of amidine groups is 1. The molecule has 1 fully saturated rings. The maximum absolute atomic E-state index is 11.8. The van der Waals surface area contributed by atoms with Crippen LogP contribution in [0.15, 0.2) is 57.6 Å². The second-order valence-electron chi connectivity index (χ2n) is 6.14. The summed E-state index contributed by atoms with van der Waals surface area (Å²) < 4.78 is 15.7. The Morgan fingerprint density at radius 3 is 2.59 bits per heavy atom. The Morgan fingerprint density at radius 1 is 1.16 bits per heavy atom. The number of rotatable bonds is 7. The van der Waals surface area contributed by atoms with Crippen LogP contribution in [0.4, 0.5) is 0 Å². The largest absolute Gasteiger partial charge is 0.493 e. The SMILES string of the molecule is COC(=O)/C=C1/S/C(=N\N=Cc2ccc(OCc3c(Cl)cccc3Cl)c(OC)c2)NC1=O. The molecule has 1 amide bonds. The molecule has 8 nitrogen and oxygen atoms in total. The first-order valence-corrected chi connectivity index (χ1v) is 10.6. The van der Waals surface area contributed by atoms with Gasteiger partial charge in [0.1, 0.15) is 6.61 Å². The van der Waals surface area contributed by atoms with E-state index in [9.17, 15) is 9.59 Å². The summed E-state index contributed by atoms with van der Waals surface area (Å²) >= 11 is 13.3. The third-order valence-electron chi connectivity index (χ3n) is 4.08. The lowest BCUT2D eigenvalue weighted by atomic mass is 10.2. The van der Waals surface area contributed by atoms with E-state index in [1.165, 1.54) is 20.4 Å². The van der Waals surface area contributed by atoms with Gasteiger partial charge in [-0.15, -0.1) is 5.10 Å². The van der Waals surface area contributed by atoms with E-state index in [-0.39, 0.29) is 16.7 Å². The number of amides is 1. The summed E-state index contributed by atoms with van der Waals surface area (Å²) in [6, 6.07) is 10.4. The summed E-state index contributed by atoms with van der Waals surface area (Å²) in [6.45, 7) is 0.175. The van der Waals surface area contributed by atoms with Crippen molar-refractivity contribution in [1.29, 1.82) is 0 Å². The molecule has 1 heterocycles. The number of halogens is 2. The van der Waals surface area contributed by atoms with Gasteiger partial charge in [0.2, 0.25) is 0 Å². The Bertz CT molecular complexity index is 1110. The molecule has 0 bridgehead atoms. The highest BCUT2D eigenvalue weighted by Crippen LogP contribution is 2.31. The van der Waals surface area contributed by atoms with E-state index in [2.05, 4.69) is 20.3 Å². The lowest BCUT2D eigenvalue weighted by Crippen LogP contribution is -2.19. The number of hydrogen-bond acceptors (Lipinski definition) is 8. The summed E-state index contributed by atoms with van der Waals surface area (Å²) in [6.07, 6.45) is 2.57. The van der Waals surface area contributed by atoms with Crippen LogP contribution in [0, 0.1) is 0 Å². The molecule has 1 aliphatic rings. The Labute approximate surface area is 198 Å². The first-order chi connectivity index (χ1) is 15.4. The molecule has 2 aromatic rings. The molecule has 0 unspecified atom stereocenters. The summed E-state index contributed by atoms with van der Waals surface area (Å²) in [4.78, 5) is 23.3. The Morgan fingerprint density at radius 2 is 1.91 bits per heavy atom. The van der Waals surface area contributed by atoms with Crippen LogP contribution in [0.2, 0.25) is 10.0 Å². The highest BCUT2D eigenvalue weighted by molar-refractivity contribution is 8.18. The first kappa shape index (κ1) is 23.6. The molecule has 0 aliphatic carbocycles. The number of esters is 1. The minimum Gasteiger partial charge on any atom is -0.493 e. The van der Waals surface area contributed by atoms with Gasteiger partial charge >= 0.3 is 5.97 Å².